The van der Waals surface area contributed by atoms with Crippen LogP contribution in [0.2, 0.25) is 0 Å². The highest BCUT2D eigenvalue weighted by molar-refractivity contribution is 4.91. The number of hydrogen-bond donors (Lipinski definition) is 1. The molecule has 0 spiro atoms. The lowest BCUT2D eigenvalue weighted by molar-refractivity contribution is 0.0733. The molecule has 2 rings (SSSR count). The molecule has 1 heteroatoms. The molecule has 0 aromatic heterocycles. The van der Waals surface area contributed by atoms with Crippen molar-refractivity contribution >= 4 is 0 Å². The summed E-state index contributed by atoms with van der Waals surface area (Å²) in [5, 5.41) is 0. The molecule has 0 amide bonds. The van der Waals surface area contributed by atoms with E-state index in [0.717, 1.165) is 23.7 Å². The van der Waals surface area contributed by atoms with Gasteiger partial charge >= 0.3 is 0 Å². The first-order chi connectivity index (χ1) is 8.91. The molecule has 2 fully saturated rings. The van der Waals surface area contributed by atoms with Gasteiger partial charge in [-0.05, 0) is 61.2 Å². The van der Waals surface area contributed by atoms with Crippen molar-refractivity contribution < 1.29 is 0 Å². The molecule has 0 bridgehead atoms. The van der Waals surface area contributed by atoms with E-state index < -0.39 is 0 Å². The van der Waals surface area contributed by atoms with Crippen LogP contribution in [-0.4, -0.2) is 6.04 Å². The normalized spacial score (nSPS) is 41.2. The average molecular weight is 265 g/mol. The Morgan fingerprint density at radius 2 is 1.58 bits per heavy atom. The van der Waals surface area contributed by atoms with Crippen molar-refractivity contribution in [3.63, 3.8) is 0 Å². The van der Waals surface area contributed by atoms with Gasteiger partial charge in [0.1, 0.15) is 0 Å². The maximum Gasteiger partial charge on any atom is 0.00700 e. The molecule has 0 heterocycles. The molecule has 0 aromatic rings. The summed E-state index contributed by atoms with van der Waals surface area (Å²) in [7, 11) is 0. The molecule has 0 radical (unpaired) electrons. The van der Waals surface area contributed by atoms with E-state index >= 15 is 0 Å². The Balaban J connectivity index is 1.94. The van der Waals surface area contributed by atoms with Crippen LogP contribution in [0.5, 0.6) is 0 Å². The SMILES string of the molecule is CCC1CCC(C2CC(C(C)(C)C)CCC2N)CC1. The Bertz CT molecular complexity index is 270. The van der Waals surface area contributed by atoms with Crippen LogP contribution in [0, 0.1) is 29.1 Å². The van der Waals surface area contributed by atoms with Crippen LogP contribution in [0.4, 0.5) is 0 Å². The maximum atomic E-state index is 6.48. The summed E-state index contributed by atoms with van der Waals surface area (Å²) in [5.41, 5.74) is 6.95. The molecule has 3 atom stereocenters. The van der Waals surface area contributed by atoms with E-state index in [4.69, 9.17) is 5.73 Å². The molecule has 19 heavy (non-hydrogen) atoms. The van der Waals surface area contributed by atoms with Crippen LogP contribution in [0.25, 0.3) is 0 Å². The molecule has 2 N–H and O–H groups in total. The summed E-state index contributed by atoms with van der Waals surface area (Å²) < 4.78 is 0. The van der Waals surface area contributed by atoms with Gasteiger partial charge in [-0.2, -0.15) is 0 Å². The maximum absolute atomic E-state index is 6.48. The van der Waals surface area contributed by atoms with Crippen LogP contribution >= 0.6 is 0 Å². The summed E-state index contributed by atoms with van der Waals surface area (Å²) >= 11 is 0. The van der Waals surface area contributed by atoms with Gasteiger partial charge in [-0.25, -0.2) is 0 Å². The largest absolute Gasteiger partial charge is 0.327 e. The predicted octanol–water partition coefficient (Wildman–Crippen LogP) is 4.99. The van der Waals surface area contributed by atoms with E-state index in [1.807, 2.05) is 0 Å². The number of nitrogens with two attached hydrogens (primary N) is 1. The van der Waals surface area contributed by atoms with Crippen molar-refractivity contribution in [1.82, 2.24) is 0 Å². The van der Waals surface area contributed by atoms with Crippen molar-refractivity contribution in [3.05, 3.63) is 0 Å². The minimum Gasteiger partial charge on any atom is -0.327 e. The van der Waals surface area contributed by atoms with Gasteiger partial charge in [-0.1, -0.05) is 47.0 Å². The Labute approximate surface area is 120 Å². The first-order valence-corrected chi connectivity index (χ1v) is 8.67. The lowest BCUT2D eigenvalue weighted by atomic mass is 9.62. The van der Waals surface area contributed by atoms with Crippen LogP contribution in [-0.2, 0) is 0 Å². The molecule has 0 aliphatic heterocycles. The molecule has 0 saturated heterocycles. The molecular formula is C18H35N. The monoisotopic (exact) mass is 265 g/mol. The van der Waals surface area contributed by atoms with Gasteiger partial charge in [0.05, 0.1) is 0 Å². The minimum absolute atomic E-state index is 0.471. The van der Waals surface area contributed by atoms with Gasteiger partial charge in [-0.15, -0.1) is 0 Å². The molecule has 1 nitrogen and oxygen atoms in total. The molecule has 2 aliphatic rings. The smallest absolute Gasteiger partial charge is 0.00700 e. The fourth-order valence-corrected chi connectivity index (χ4v) is 4.58. The third kappa shape index (κ3) is 3.74. The third-order valence-corrected chi connectivity index (χ3v) is 6.25. The van der Waals surface area contributed by atoms with Gasteiger partial charge in [0, 0.05) is 6.04 Å². The van der Waals surface area contributed by atoms with Crippen molar-refractivity contribution in [2.24, 2.45) is 34.8 Å². The highest BCUT2D eigenvalue weighted by atomic mass is 14.7. The molecule has 0 aromatic carbocycles. The first kappa shape index (κ1) is 15.4. The Morgan fingerprint density at radius 3 is 2.11 bits per heavy atom. The molecule has 112 valence electrons. The fourth-order valence-electron chi connectivity index (χ4n) is 4.58. The second-order valence-corrected chi connectivity index (χ2v) is 8.39. The predicted molar refractivity (Wildman–Crippen MR) is 84.0 cm³/mol. The van der Waals surface area contributed by atoms with E-state index in [-0.39, 0.29) is 0 Å². The number of rotatable bonds is 2. The number of hydrogen-bond acceptors (Lipinski definition) is 1. The van der Waals surface area contributed by atoms with Crippen LogP contribution < -0.4 is 5.73 Å². The fraction of sp³-hybridized carbons (Fsp3) is 1.00. The summed E-state index contributed by atoms with van der Waals surface area (Å²) in [6.45, 7) is 9.60. The second kappa shape index (κ2) is 6.16. The molecule has 3 unspecified atom stereocenters. The zero-order chi connectivity index (χ0) is 14.0. The van der Waals surface area contributed by atoms with Gasteiger partial charge in [0.15, 0.2) is 0 Å². The Morgan fingerprint density at radius 1 is 0.947 bits per heavy atom. The summed E-state index contributed by atoms with van der Waals surface area (Å²) in [4.78, 5) is 0. The molecule has 2 saturated carbocycles. The van der Waals surface area contributed by atoms with Crippen molar-refractivity contribution in [2.75, 3.05) is 0 Å². The minimum atomic E-state index is 0.471. The standard InChI is InChI=1S/C18H35N/c1-5-13-6-8-14(9-7-13)16-12-15(18(2,3)4)10-11-17(16)19/h13-17H,5-12,19H2,1-4H3. The zero-order valence-electron chi connectivity index (χ0n) is 13.6. The van der Waals surface area contributed by atoms with Crippen LogP contribution in [0.1, 0.15) is 79.1 Å². The summed E-state index contributed by atoms with van der Waals surface area (Å²) in [6, 6.07) is 0.488. The van der Waals surface area contributed by atoms with E-state index in [1.54, 1.807) is 0 Å². The lowest BCUT2D eigenvalue weighted by Crippen LogP contribution is -2.43. The van der Waals surface area contributed by atoms with Gasteiger partial charge in [0.2, 0.25) is 0 Å². The van der Waals surface area contributed by atoms with E-state index in [9.17, 15) is 0 Å². The molecule has 2 aliphatic carbocycles. The summed E-state index contributed by atoms with van der Waals surface area (Å²) in [6.07, 6.45) is 11.2. The third-order valence-electron chi connectivity index (χ3n) is 6.25. The quantitative estimate of drug-likeness (QED) is 0.747. The zero-order valence-corrected chi connectivity index (χ0v) is 13.6. The van der Waals surface area contributed by atoms with Gasteiger partial charge in [0.25, 0.3) is 0 Å². The first-order valence-electron chi connectivity index (χ1n) is 8.67. The Kier molecular flexibility index (Phi) is 4.98. The summed E-state index contributed by atoms with van der Waals surface area (Å²) in [5.74, 6) is 3.65. The van der Waals surface area contributed by atoms with Crippen LogP contribution in [0.15, 0.2) is 0 Å². The highest BCUT2D eigenvalue weighted by Crippen LogP contribution is 2.46. The van der Waals surface area contributed by atoms with Crippen LogP contribution in [0.3, 0.4) is 0 Å². The van der Waals surface area contributed by atoms with E-state index in [0.29, 0.717) is 11.5 Å². The highest BCUT2D eigenvalue weighted by Gasteiger charge is 2.38. The molecular weight excluding hydrogens is 230 g/mol. The Hall–Kier alpha value is -0.0400. The van der Waals surface area contributed by atoms with Gasteiger partial charge in [-0.3, -0.25) is 0 Å². The van der Waals surface area contributed by atoms with Crippen molar-refractivity contribution in [2.45, 2.75) is 85.1 Å². The van der Waals surface area contributed by atoms with E-state index in [2.05, 4.69) is 27.7 Å². The van der Waals surface area contributed by atoms with E-state index in [1.165, 1.54) is 51.4 Å². The lowest BCUT2D eigenvalue weighted by Gasteiger charge is -2.45. The van der Waals surface area contributed by atoms with Gasteiger partial charge < -0.3 is 5.73 Å². The average Bonchev–Trinajstić information content (AvgIpc) is 2.38. The second-order valence-electron chi connectivity index (χ2n) is 8.39. The van der Waals surface area contributed by atoms with Crippen molar-refractivity contribution in [3.8, 4) is 0 Å². The van der Waals surface area contributed by atoms with Crippen molar-refractivity contribution in [1.29, 1.82) is 0 Å². The topological polar surface area (TPSA) is 26.0 Å².